The van der Waals surface area contributed by atoms with Crippen LogP contribution in [0, 0.1) is 0 Å². The van der Waals surface area contributed by atoms with Crippen molar-refractivity contribution in [2.45, 2.75) is 38.3 Å². The summed E-state index contributed by atoms with van der Waals surface area (Å²) in [5.74, 6) is 0.0110. The smallest absolute Gasteiger partial charge is 0.222 e. The average molecular weight is 296 g/mol. The average Bonchev–Trinajstić information content (AvgIpc) is 2.54. The third kappa shape index (κ3) is 5.34. The fraction of sp³-hybridized carbons (Fsp3) is 0.316. The molecule has 0 bridgehead atoms. The molecular weight excluding hydrogens is 272 g/mol. The summed E-state index contributed by atoms with van der Waals surface area (Å²) in [5, 5.41) is 3.03. The molecule has 2 aromatic carbocycles. The summed E-state index contributed by atoms with van der Waals surface area (Å²) in [5.41, 5.74) is 8.37. The molecule has 0 saturated heterocycles. The molecule has 0 fully saturated rings. The van der Waals surface area contributed by atoms with Crippen molar-refractivity contribution < 1.29 is 4.79 Å². The Morgan fingerprint density at radius 1 is 1.05 bits per heavy atom. The van der Waals surface area contributed by atoms with Gasteiger partial charge in [-0.05, 0) is 30.9 Å². The first-order valence-corrected chi connectivity index (χ1v) is 7.79. The maximum Gasteiger partial charge on any atom is 0.222 e. The summed E-state index contributed by atoms with van der Waals surface area (Å²) in [6.07, 6.45) is 2.21. The van der Waals surface area contributed by atoms with E-state index in [-0.39, 0.29) is 18.0 Å². The minimum Gasteiger partial charge on any atom is -0.354 e. The Hall–Kier alpha value is -2.13. The lowest BCUT2D eigenvalue weighted by Gasteiger charge is -2.16. The van der Waals surface area contributed by atoms with Gasteiger partial charge in [0.05, 0.1) is 0 Å². The van der Waals surface area contributed by atoms with Crippen LogP contribution in [0.25, 0.3) is 0 Å². The molecule has 0 spiro atoms. The van der Waals surface area contributed by atoms with Crippen LogP contribution in [0.2, 0.25) is 0 Å². The van der Waals surface area contributed by atoms with Crippen molar-refractivity contribution >= 4 is 5.91 Å². The highest BCUT2D eigenvalue weighted by Crippen LogP contribution is 2.13. The van der Waals surface area contributed by atoms with Crippen LogP contribution in [0.4, 0.5) is 0 Å². The maximum absolute atomic E-state index is 12.1. The Morgan fingerprint density at radius 3 is 2.27 bits per heavy atom. The van der Waals surface area contributed by atoms with E-state index < -0.39 is 0 Å². The predicted molar refractivity (Wildman–Crippen MR) is 90.4 cm³/mol. The molecule has 116 valence electrons. The van der Waals surface area contributed by atoms with Crippen molar-refractivity contribution in [2.24, 2.45) is 5.73 Å². The quantitative estimate of drug-likeness (QED) is 0.824. The molecule has 0 aliphatic heterocycles. The van der Waals surface area contributed by atoms with Gasteiger partial charge in [0, 0.05) is 18.5 Å². The summed E-state index contributed by atoms with van der Waals surface area (Å²) in [4.78, 5) is 12.1. The standard InChI is InChI=1S/C19H24N2O/c1-15(12-13-16-8-4-2-5-9-16)21-19(22)14-18(20)17-10-6-3-7-11-17/h2-11,15,18H,12-14,20H2,1H3,(H,21,22). The van der Waals surface area contributed by atoms with Gasteiger partial charge >= 0.3 is 0 Å². The molecule has 2 atom stereocenters. The number of rotatable bonds is 7. The van der Waals surface area contributed by atoms with E-state index in [1.54, 1.807) is 0 Å². The van der Waals surface area contributed by atoms with Crippen LogP contribution >= 0.6 is 0 Å². The Labute approximate surface area is 132 Å². The van der Waals surface area contributed by atoms with Crippen molar-refractivity contribution in [1.82, 2.24) is 5.32 Å². The van der Waals surface area contributed by atoms with Gasteiger partial charge in [-0.2, -0.15) is 0 Å². The van der Waals surface area contributed by atoms with E-state index in [0.29, 0.717) is 6.42 Å². The minimum absolute atomic E-state index is 0.0110. The first-order valence-electron chi connectivity index (χ1n) is 7.79. The number of hydrogen-bond donors (Lipinski definition) is 2. The maximum atomic E-state index is 12.1. The van der Waals surface area contributed by atoms with Gasteiger partial charge in [0.2, 0.25) is 5.91 Å². The van der Waals surface area contributed by atoms with Gasteiger partial charge < -0.3 is 11.1 Å². The molecule has 3 nitrogen and oxygen atoms in total. The van der Waals surface area contributed by atoms with Crippen molar-refractivity contribution in [3.05, 3.63) is 71.8 Å². The summed E-state index contributed by atoms with van der Waals surface area (Å²) >= 11 is 0. The lowest BCUT2D eigenvalue weighted by molar-refractivity contribution is -0.122. The van der Waals surface area contributed by atoms with Crippen molar-refractivity contribution in [2.75, 3.05) is 0 Å². The molecule has 0 aromatic heterocycles. The molecule has 3 heteroatoms. The molecule has 0 heterocycles. The van der Waals surface area contributed by atoms with Crippen LogP contribution in [-0.2, 0) is 11.2 Å². The fourth-order valence-electron chi connectivity index (χ4n) is 2.45. The topological polar surface area (TPSA) is 55.1 Å². The van der Waals surface area contributed by atoms with E-state index >= 15 is 0 Å². The predicted octanol–water partition coefficient (Wildman–Crippen LogP) is 3.21. The van der Waals surface area contributed by atoms with Crippen LogP contribution in [-0.4, -0.2) is 11.9 Å². The van der Waals surface area contributed by atoms with Gasteiger partial charge in [-0.15, -0.1) is 0 Å². The third-order valence-electron chi connectivity index (χ3n) is 3.75. The Bertz CT molecular complexity index is 569. The zero-order chi connectivity index (χ0) is 15.8. The monoisotopic (exact) mass is 296 g/mol. The van der Waals surface area contributed by atoms with E-state index in [2.05, 4.69) is 17.4 Å². The first-order chi connectivity index (χ1) is 10.6. The lowest BCUT2D eigenvalue weighted by Crippen LogP contribution is -2.34. The fourth-order valence-corrected chi connectivity index (χ4v) is 2.45. The van der Waals surface area contributed by atoms with Gasteiger partial charge in [0.15, 0.2) is 0 Å². The number of nitrogens with one attached hydrogen (secondary N) is 1. The number of nitrogens with two attached hydrogens (primary N) is 1. The normalized spacial score (nSPS) is 13.4. The Balaban J connectivity index is 1.74. The molecule has 2 aromatic rings. The van der Waals surface area contributed by atoms with E-state index in [0.717, 1.165) is 18.4 Å². The summed E-state index contributed by atoms with van der Waals surface area (Å²) in [7, 11) is 0. The van der Waals surface area contributed by atoms with Crippen molar-refractivity contribution in [1.29, 1.82) is 0 Å². The zero-order valence-corrected chi connectivity index (χ0v) is 13.0. The number of amides is 1. The highest BCUT2D eigenvalue weighted by molar-refractivity contribution is 5.77. The highest BCUT2D eigenvalue weighted by Gasteiger charge is 2.13. The zero-order valence-electron chi connectivity index (χ0n) is 13.0. The molecule has 0 aliphatic carbocycles. The van der Waals surface area contributed by atoms with Crippen LogP contribution in [0.15, 0.2) is 60.7 Å². The number of carbonyl (C=O) groups excluding carboxylic acids is 1. The van der Waals surface area contributed by atoms with Crippen LogP contribution in [0.1, 0.15) is 36.9 Å². The molecule has 22 heavy (non-hydrogen) atoms. The van der Waals surface area contributed by atoms with Crippen molar-refractivity contribution in [3.8, 4) is 0 Å². The molecule has 0 saturated carbocycles. The molecule has 0 radical (unpaired) electrons. The largest absolute Gasteiger partial charge is 0.354 e. The molecule has 2 rings (SSSR count). The lowest BCUT2D eigenvalue weighted by atomic mass is 10.0. The van der Waals surface area contributed by atoms with E-state index in [1.165, 1.54) is 5.56 Å². The van der Waals surface area contributed by atoms with Crippen molar-refractivity contribution in [3.63, 3.8) is 0 Å². The van der Waals surface area contributed by atoms with E-state index in [9.17, 15) is 4.79 Å². The summed E-state index contributed by atoms with van der Waals surface area (Å²) < 4.78 is 0. The van der Waals surface area contributed by atoms with Crippen LogP contribution in [0.3, 0.4) is 0 Å². The van der Waals surface area contributed by atoms with Gasteiger partial charge in [-0.1, -0.05) is 60.7 Å². The number of benzene rings is 2. The minimum atomic E-state index is -0.248. The second-order valence-corrected chi connectivity index (χ2v) is 5.71. The van der Waals surface area contributed by atoms with Gasteiger partial charge in [0.25, 0.3) is 0 Å². The second kappa shape index (κ2) is 8.35. The van der Waals surface area contributed by atoms with Gasteiger partial charge in [-0.3, -0.25) is 4.79 Å². The Kier molecular flexibility index (Phi) is 6.16. The second-order valence-electron chi connectivity index (χ2n) is 5.71. The van der Waals surface area contributed by atoms with Crippen LogP contribution < -0.4 is 11.1 Å². The number of hydrogen-bond acceptors (Lipinski definition) is 2. The first kappa shape index (κ1) is 16.2. The summed E-state index contributed by atoms with van der Waals surface area (Å²) in [6.45, 7) is 2.04. The molecule has 0 aliphatic rings. The molecule has 3 N–H and O–H groups in total. The molecule has 2 unspecified atom stereocenters. The molecule has 1 amide bonds. The number of carbonyl (C=O) groups is 1. The third-order valence-corrected chi connectivity index (χ3v) is 3.75. The van der Waals surface area contributed by atoms with Crippen LogP contribution in [0.5, 0.6) is 0 Å². The summed E-state index contributed by atoms with van der Waals surface area (Å²) in [6, 6.07) is 20.0. The van der Waals surface area contributed by atoms with Gasteiger partial charge in [-0.25, -0.2) is 0 Å². The highest BCUT2D eigenvalue weighted by atomic mass is 16.1. The van der Waals surface area contributed by atoms with E-state index in [4.69, 9.17) is 5.73 Å². The SMILES string of the molecule is CC(CCc1ccccc1)NC(=O)CC(N)c1ccccc1. The Morgan fingerprint density at radius 2 is 1.64 bits per heavy atom. The van der Waals surface area contributed by atoms with E-state index in [1.807, 2.05) is 55.5 Å². The van der Waals surface area contributed by atoms with Gasteiger partial charge in [0.1, 0.15) is 0 Å². The molecular formula is C19H24N2O. The number of aryl methyl sites for hydroxylation is 1.